The van der Waals surface area contributed by atoms with E-state index in [-0.39, 0.29) is 0 Å². The van der Waals surface area contributed by atoms with Gasteiger partial charge in [0.1, 0.15) is 0 Å². The largest absolute Gasteiger partial charge is 0.384 e. The number of aryl methyl sites for hydroxylation is 2. The van der Waals surface area contributed by atoms with Crippen molar-refractivity contribution in [3.63, 3.8) is 0 Å². The van der Waals surface area contributed by atoms with Crippen LogP contribution < -0.4 is 10.6 Å². The lowest BCUT2D eigenvalue weighted by Gasteiger charge is -2.18. The van der Waals surface area contributed by atoms with Crippen LogP contribution in [0.5, 0.6) is 0 Å². The van der Waals surface area contributed by atoms with Gasteiger partial charge in [-0.1, -0.05) is 19.9 Å². The Morgan fingerprint density at radius 3 is 2.58 bits per heavy atom. The molecule has 0 aliphatic carbocycles. The molecule has 0 atom stereocenters. The lowest BCUT2D eigenvalue weighted by molar-refractivity contribution is 0.748. The van der Waals surface area contributed by atoms with E-state index in [4.69, 9.17) is 4.98 Å². The molecule has 0 unspecified atom stereocenters. The molecule has 0 fully saturated rings. The van der Waals surface area contributed by atoms with Crippen LogP contribution in [0.2, 0.25) is 0 Å². The number of benzene rings is 1. The van der Waals surface area contributed by atoms with Gasteiger partial charge < -0.3 is 10.6 Å². The predicted octanol–water partition coefficient (Wildman–Crippen LogP) is 4.99. The summed E-state index contributed by atoms with van der Waals surface area (Å²) in [5.41, 5.74) is 8.55. The maximum absolute atomic E-state index is 4.78. The van der Waals surface area contributed by atoms with Gasteiger partial charge in [-0.3, -0.25) is 4.98 Å². The first kappa shape index (κ1) is 18.5. The van der Waals surface area contributed by atoms with Crippen LogP contribution in [0.15, 0.2) is 18.8 Å². The van der Waals surface area contributed by atoms with Gasteiger partial charge in [-0.2, -0.15) is 0 Å². The van der Waals surface area contributed by atoms with E-state index >= 15 is 0 Å². The van der Waals surface area contributed by atoms with Crippen LogP contribution in [0.4, 0.5) is 5.69 Å². The summed E-state index contributed by atoms with van der Waals surface area (Å²) in [6.07, 6.45) is 5.19. The third-order valence-corrected chi connectivity index (χ3v) is 4.82. The second-order valence-corrected chi connectivity index (χ2v) is 6.62. The zero-order valence-corrected chi connectivity index (χ0v) is 15.8. The zero-order chi connectivity index (χ0) is 17.7. The number of nitrogens with one attached hydrogen (secondary N) is 2. The number of anilines is 1. The Bertz CT molecular complexity index is 732. The summed E-state index contributed by atoms with van der Waals surface area (Å²) in [6, 6.07) is 2.27. The molecule has 3 heteroatoms. The van der Waals surface area contributed by atoms with E-state index in [0.717, 1.165) is 43.4 Å². The second-order valence-electron chi connectivity index (χ2n) is 6.62. The summed E-state index contributed by atoms with van der Waals surface area (Å²) in [5, 5.41) is 8.09. The lowest BCUT2D eigenvalue weighted by atomic mass is 9.95. The van der Waals surface area contributed by atoms with Crippen molar-refractivity contribution in [2.75, 3.05) is 25.5 Å². The number of aromatic nitrogens is 1. The smallest absolute Gasteiger partial charge is 0.0755 e. The number of allylic oxidation sites excluding steroid dienone is 1. The highest BCUT2D eigenvalue weighted by atomic mass is 14.9. The van der Waals surface area contributed by atoms with Gasteiger partial charge in [0.25, 0.3) is 0 Å². The van der Waals surface area contributed by atoms with E-state index in [9.17, 15) is 0 Å². The molecule has 2 aromatic rings. The molecule has 0 spiro atoms. The Morgan fingerprint density at radius 1 is 1.17 bits per heavy atom. The van der Waals surface area contributed by atoms with E-state index in [2.05, 4.69) is 51.0 Å². The molecule has 130 valence electrons. The van der Waals surface area contributed by atoms with Crippen molar-refractivity contribution in [2.24, 2.45) is 0 Å². The molecule has 1 heterocycles. The minimum absolute atomic E-state index is 0.943. The van der Waals surface area contributed by atoms with Crippen LogP contribution in [-0.4, -0.2) is 25.1 Å². The summed E-state index contributed by atoms with van der Waals surface area (Å²) in [4.78, 5) is 4.78. The average Bonchev–Trinajstić information content (AvgIpc) is 2.57. The van der Waals surface area contributed by atoms with Gasteiger partial charge >= 0.3 is 0 Å². The normalized spacial score (nSPS) is 11.0. The third-order valence-electron chi connectivity index (χ3n) is 4.82. The van der Waals surface area contributed by atoms with E-state index in [1.54, 1.807) is 0 Å². The fourth-order valence-electron chi connectivity index (χ4n) is 3.14. The molecular formula is C21H31N3. The lowest BCUT2D eigenvalue weighted by Crippen LogP contribution is -2.14. The number of rotatable bonds is 8. The van der Waals surface area contributed by atoms with Crippen molar-refractivity contribution in [1.29, 1.82) is 0 Å². The standard InChI is InChI=1S/C21H31N3/c1-7-9-14(2)19-13-24-20-17(5)16(4)15(3)12-18(20)21(19)23-11-8-10-22-6/h12-13,22H,2,7-11H2,1,3-6H3,(H,23,24). The van der Waals surface area contributed by atoms with Gasteiger partial charge in [0.2, 0.25) is 0 Å². The number of pyridine rings is 1. The molecule has 2 rings (SSSR count). The highest BCUT2D eigenvalue weighted by molar-refractivity contribution is 5.99. The highest BCUT2D eigenvalue weighted by Gasteiger charge is 2.14. The average molecular weight is 326 g/mol. The van der Waals surface area contributed by atoms with Gasteiger partial charge in [0.05, 0.1) is 11.2 Å². The zero-order valence-electron chi connectivity index (χ0n) is 15.8. The number of fused-ring (bicyclic) bond motifs is 1. The van der Waals surface area contributed by atoms with Crippen LogP contribution >= 0.6 is 0 Å². The first-order chi connectivity index (χ1) is 11.5. The topological polar surface area (TPSA) is 37.0 Å². The second kappa shape index (κ2) is 8.29. The Labute approximate surface area is 146 Å². The number of hydrogen-bond acceptors (Lipinski definition) is 3. The van der Waals surface area contributed by atoms with Gasteiger partial charge in [-0.05, 0) is 75.5 Å². The summed E-state index contributed by atoms with van der Waals surface area (Å²) in [5.74, 6) is 0. The molecule has 1 aromatic heterocycles. The van der Waals surface area contributed by atoms with Crippen molar-refractivity contribution >= 4 is 22.2 Å². The van der Waals surface area contributed by atoms with Gasteiger partial charge in [0.15, 0.2) is 0 Å². The fraction of sp³-hybridized carbons (Fsp3) is 0.476. The van der Waals surface area contributed by atoms with E-state index in [0.29, 0.717) is 0 Å². The van der Waals surface area contributed by atoms with Crippen molar-refractivity contribution in [1.82, 2.24) is 10.3 Å². The molecule has 2 N–H and O–H groups in total. The van der Waals surface area contributed by atoms with Crippen LogP contribution in [0, 0.1) is 20.8 Å². The van der Waals surface area contributed by atoms with Crippen molar-refractivity contribution in [3.8, 4) is 0 Å². The molecule has 0 amide bonds. The van der Waals surface area contributed by atoms with Crippen molar-refractivity contribution in [3.05, 3.63) is 41.1 Å². The minimum atomic E-state index is 0.943. The van der Waals surface area contributed by atoms with Gasteiger partial charge in [0, 0.05) is 23.7 Å². The molecule has 3 nitrogen and oxygen atoms in total. The first-order valence-corrected chi connectivity index (χ1v) is 8.97. The fourth-order valence-corrected chi connectivity index (χ4v) is 3.14. The van der Waals surface area contributed by atoms with Crippen LogP contribution in [0.1, 0.15) is 48.4 Å². The Kier molecular flexibility index (Phi) is 6.38. The molecule has 0 aliphatic heterocycles. The monoisotopic (exact) mass is 325 g/mol. The van der Waals surface area contributed by atoms with E-state index in [1.807, 2.05) is 13.2 Å². The molecule has 0 radical (unpaired) electrons. The van der Waals surface area contributed by atoms with Gasteiger partial charge in [-0.25, -0.2) is 0 Å². The van der Waals surface area contributed by atoms with Crippen LogP contribution in [-0.2, 0) is 0 Å². The maximum Gasteiger partial charge on any atom is 0.0755 e. The molecule has 0 saturated heterocycles. The quantitative estimate of drug-likeness (QED) is 0.671. The van der Waals surface area contributed by atoms with Crippen LogP contribution in [0.3, 0.4) is 0 Å². The number of nitrogens with zero attached hydrogens (tertiary/aromatic N) is 1. The summed E-state index contributed by atoms with van der Waals surface area (Å²) in [7, 11) is 1.99. The molecule has 24 heavy (non-hydrogen) atoms. The summed E-state index contributed by atoms with van der Waals surface area (Å²) in [6.45, 7) is 15.0. The van der Waals surface area contributed by atoms with Gasteiger partial charge in [-0.15, -0.1) is 0 Å². The first-order valence-electron chi connectivity index (χ1n) is 8.97. The Balaban J connectivity index is 2.55. The highest BCUT2D eigenvalue weighted by Crippen LogP contribution is 2.35. The van der Waals surface area contributed by atoms with E-state index < -0.39 is 0 Å². The minimum Gasteiger partial charge on any atom is -0.384 e. The third kappa shape index (κ3) is 3.78. The van der Waals surface area contributed by atoms with Crippen LogP contribution in [0.25, 0.3) is 16.5 Å². The van der Waals surface area contributed by atoms with Crippen molar-refractivity contribution in [2.45, 2.75) is 47.0 Å². The predicted molar refractivity (Wildman–Crippen MR) is 107 cm³/mol. The Hall–Kier alpha value is -1.87. The molecule has 1 aromatic carbocycles. The maximum atomic E-state index is 4.78. The molecular weight excluding hydrogens is 294 g/mol. The van der Waals surface area contributed by atoms with Crippen molar-refractivity contribution < 1.29 is 0 Å². The number of hydrogen-bond donors (Lipinski definition) is 2. The molecule has 0 bridgehead atoms. The summed E-state index contributed by atoms with van der Waals surface area (Å²) >= 11 is 0. The van der Waals surface area contributed by atoms with E-state index in [1.165, 1.54) is 33.3 Å². The summed E-state index contributed by atoms with van der Waals surface area (Å²) < 4.78 is 0. The Morgan fingerprint density at radius 2 is 1.92 bits per heavy atom. The molecule has 0 aliphatic rings. The molecule has 0 saturated carbocycles. The SMILES string of the molecule is C=C(CCC)c1cnc2c(C)c(C)c(C)cc2c1NCCCNC.